The van der Waals surface area contributed by atoms with E-state index in [0.717, 1.165) is 32.8 Å². The summed E-state index contributed by atoms with van der Waals surface area (Å²) in [4.78, 5) is 0. The highest BCUT2D eigenvalue weighted by Crippen LogP contribution is 2.37. The van der Waals surface area contributed by atoms with Gasteiger partial charge in [-0.25, -0.2) is 0 Å². The molecule has 1 N–H and O–H groups in total. The molecule has 112 valence electrons. The van der Waals surface area contributed by atoms with Crippen molar-refractivity contribution in [1.82, 2.24) is 5.32 Å². The van der Waals surface area contributed by atoms with E-state index in [0.29, 0.717) is 0 Å². The zero-order valence-electron chi connectivity index (χ0n) is 12.7. The lowest BCUT2D eigenvalue weighted by atomic mass is 10.1. The molecule has 0 spiro atoms. The number of aryl methyl sites for hydroxylation is 1. The lowest BCUT2D eigenvalue weighted by molar-refractivity contribution is 0.393. The van der Waals surface area contributed by atoms with Crippen LogP contribution in [0.15, 0.2) is 40.9 Å². The summed E-state index contributed by atoms with van der Waals surface area (Å²) >= 11 is 3.50. The van der Waals surface area contributed by atoms with Crippen LogP contribution >= 0.6 is 15.9 Å². The number of halogens is 1. The van der Waals surface area contributed by atoms with Crippen LogP contribution in [0.5, 0.6) is 17.2 Å². The van der Waals surface area contributed by atoms with Crippen LogP contribution in [-0.2, 0) is 0 Å². The highest BCUT2D eigenvalue weighted by atomic mass is 79.9. The molecule has 2 aromatic rings. The quantitative estimate of drug-likeness (QED) is 0.837. The minimum atomic E-state index is 0.132. The molecule has 0 radical (unpaired) electrons. The van der Waals surface area contributed by atoms with Crippen molar-refractivity contribution >= 4 is 15.9 Å². The first-order chi connectivity index (χ1) is 10.1. The van der Waals surface area contributed by atoms with E-state index in [9.17, 15) is 0 Å². The monoisotopic (exact) mass is 349 g/mol. The third-order valence-electron chi connectivity index (χ3n) is 3.47. The fourth-order valence-corrected chi connectivity index (χ4v) is 2.42. The molecule has 0 heterocycles. The van der Waals surface area contributed by atoms with E-state index in [2.05, 4.69) is 28.2 Å². The number of rotatable bonds is 5. The number of hydrogen-bond donors (Lipinski definition) is 1. The van der Waals surface area contributed by atoms with Crippen LogP contribution in [0.1, 0.15) is 24.1 Å². The van der Waals surface area contributed by atoms with Crippen molar-refractivity contribution in [3.05, 3.63) is 52.0 Å². The number of ether oxygens (including phenoxy) is 2. The molecule has 0 aromatic heterocycles. The van der Waals surface area contributed by atoms with E-state index in [1.807, 2.05) is 50.4 Å². The van der Waals surface area contributed by atoms with Gasteiger partial charge in [0.05, 0.1) is 12.7 Å². The molecule has 0 amide bonds. The zero-order valence-corrected chi connectivity index (χ0v) is 14.3. The van der Waals surface area contributed by atoms with Gasteiger partial charge in [-0.2, -0.15) is 0 Å². The minimum Gasteiger partial charge on any atom is -0.496 e. The van der Waals surface area contributed by atoms with E-state index < -0.39 is 0 Å². The third kappa shape index (κ3) is 3.57. The van der Waals surface area contributed by atoms with Gasteiger partial charge in [-0.15, -0.1) is 0 Å². The van der Waals surface area contributed by atoms with Gasteiger partial charge in [0.15, 0.2) is 0 Å². The first-order valence-corrected chi connectivity index (χ1v) is 7.64. The smallest absolute Gasteiger partial charge is 0.135 e. The Morgan fingerprint density at radius 1 is 1.14 bits per heavy atom. The first-order valence-electron chi connectivity index (χ1n) is 6.85. The van der Waals surface area contributed by atoms with Gasteiger partial charge in [-0.1, -0.05) is 22.0 Å². The van der Waals surface area contributed by atoms with E-state index in [-0.39, 0.29) is 6.04 Å². The van der Waals surface area contributed by atoms with Gasteiger partial charge in [0.1, 0.15) is 17.2 Å². The largest absolute Gasteiger partial charge is 0.496 e. The molecule has 0 fully saturated rings. The van der Waals surface area contributed by atoms with Crippen LogP contribution in [0.4, 0.5) is 0 Å². The van der Waals surface area contributed by atoms with Gasteiger partial charge in [0.2, 0.25) is 0 Å². The van der Waals surface area contributed by atoms with Crippen LogP contribution in [0.3, 0.4) is 0 Å². The summed E-state index contributed by atoms with van der Waals surface area (Å²) in [6, 6.07) is 11.9. The molecule has 4 heteroatoms. The summed E-state index contributed by atoms with van der Waals surface area (Å²) in [5.41, 5.74) is 2.15. The second-order valence-electron chi connectivity index (χ2n) is 4.90. The van der Waals surface area contributed by atoms with Gasteiger partial charge in [-0.05, 0) is 56.8 Å². The molecule has 0 saturated carbocycles. The predicted molar refractivity (Wildman–Crippen MR) is 89.4 cm³/mol. The SMILES string of the molecule is CNC(C)c1c(OC)cccc1Oc1ccc(Br)c(C)c1. The molecule has 0 saturated heterocycles. The molecule has 0 bridgehead atoms. The molecule has 2 aromatic carbocycles. The maximum Gasteiger partial charge on any atom is 0.135 e. The zero-order chi connectivity index (χ0) is 15.4. The van der Waals surface area contributed by atoms with Crippen molar-refractivity contribution < 1.29 is 9.47 Å². The van der Waals surface area contributed by atoms with E-state index in [4.69, 9.17) is 9.47 Å². The van der Waals surface area contributed by atoms with Gasteiger partial charge in [-0.3, -0.25) is 0 Å². The molecule has 1 unspecified atom stereocenters. The Morgan fingerprint density at radius 2 is 1.86 bits per heavy atom. The number of hydrogen-bond acceptors (Lipinski definition) is 3. The number of benzene rings is 2. The Labute approximate surface area is 134 Å². The average molecular weight is 350 g/mol. The molecular formula is C17H20BrNO2. The predicted octanol–water partition coefficient (Wildman–Crippen LogP) is 4.84. The molecule has 1 atom stereocenters. The van der Waals surface area contributed by atoms with E-state index in [1.165, 1.54) is 0 Å². The van der Waals surface area contributed by atoms with Crippen molar-refractivity contribution in [1.29, 1.82) is 0 Å². The second kappa shape index (κ2) is 6.96. The Hall–Kier alpha value is -1.52. The average Bonchev–Trinajstić information content (AvgIpc) is 2.50. The van der Waals surface area contributed by atoms with Gasteiger partial charge in [0, 0.05) is 10.5 Å². The molecule has 3 nitrogen and oxygen atoms in total. The summed E-state index contributed by atoms with van der Waals surface area (Å²) in [5, 5.41) is 3.24. The molecule has 21 heavy (non-hydrogen) atoms. The molecular weight excluding hydrogens is 330 g/mol. The maximum atomic E-state index is 6.07. The number of methoxy groups -OCH3 is 1. The van der Waals surface area contributed by atoms with Gasteiger partial charge < -0.3 is 14.8 Å². The van der Waals surface area contributed by atoms with Gasteiger partial charge >= 0.3 is 0 Å². The normalized spacial score (nSPS) is 12.0. The standard InChI is InChI=1S/C17H20BrNO2/c1-11-10-13(8-9-14(11)18)21-16-7-5-6-15(20-4)17(16)12(2)19-3/h5-10,12,19H,1-4H3. The van der Waals surface area contributed by atoms with E-state index >= 15 is 0 Å². The highest BCUT2D eigenvalue weighted by Gasteiger charge is 2.16. The summed E-state index contributed by atoms with van der Waals surface area (Å²) in [6.45, 7) is 4.12. The maximum absolute atomic E-state index is 6.07. The van der Waals surface area contributed by atoms with Crippen LogP contribution in [-0.4, -0.2) is 14.2 Å². The van der Waals surface area contributed by atoms with Crippen LogP contribution in [0, 0.1) is 6.92 Å². The Morgan fingerprint density at radius 3 is 2.48 bits per heavy atom. The van der Waals surface area contributed by atoms with Gasteiger partial charge in [0.25, 0.3) is 0 Å². The van der Waals surface area contributed by atoms with Crippen LogP contribution in [0.25, 0.3) is 0 Å². The number of nitrogens with one attached hydrogen (secondary N) is 1. The van der Waals surface area contributed by atoms with Crippen molar-refractivity contribution in [3.63, 3.8) is 0 Å². The summed E-state index contributed by atoms with van der Waals surface area (Å²) < 4.78 is 12.6. The first kappa shape index (κ1) is 15.9. The highest BCUT2D eigenvalue weighted by molar-refractivity contribution is 9.10. The topological polar surface area (TPSA) is 30.5 Å². The summed E-state index contributed by atoms with van der Waals surface area (Å²) in [5.74, 6) is 2.44. The van der Waals surface area contributed by atoms with E-state index in [1.54, 1.807) is 7.11 Å². The Bertz CT molecular complexity index is 628. The minimum absolute atomic E-state index is 0.132. The molecule has 0 aliphatic rings. The van der Waals surface area contributed by atoms with Crippen molar-refractivity contribution in [2.24, 2.45) is 0 Å². The van der Waals surface area contributed by atoms with Crippen molar-refractivity contribution in [2.75, 3.05) is 14.2 Å². The molecule has 0 aliphatic carbocycles. The summed E-state index contributed by atoms with van der Waals surface area (Å²) in [7, 11) is 3.60. The lowest BCUT2D eigenvalue weighted by Crippen LogP contribution is -2.14. The summed E-state index contributed by atoms with van der Waals surface area (Å²) in [6.07, 6.45) is 0. The van der Waals surface area contributed by atoms with Crippen molar-refractivity contribution in [2.45, 2.75) is 19.9 Å². The van der Waals surface area contributed by atoms with Crippen LogP contribution in [0.2, 0.25) is 0 Å². The Balaban J connectivity index is 2.41. The molecule has 0 aliphatic heterocycles. The van der Waals surface area contributed by atoms with Crippen molar-refractivity contribution in [3.8, 4) is 17.2 Å². The third-order valence-corrected chi connectivity index (χ3v) is 4.36. The second-order valence-corrected chi connectivity index (χ2v) is 5.75. The lowest BCUT2D eigenvalue weighted by Gasteiger charge is -2.19. The Kier molecular flexibility index (Phi) is 5.26. The van der Waals surface area contributed by atoms with Crippen LogP contribution < -0.4 is 14.8 Å². The fraction of sp³-hybridized carbons (Fsp3) is 0.294. The fourth-order valence-electron chi connectivity index (χ4n) is 2.17. The molecule has 2 rings (SSSR count).